The van der Waals surface area contributed by atoms with E-state index >= 15 is 0 Å². The van der Waals surface area contributed by atoms with Gasteiger partial charge in [0.05, 0.1) is 4.90 Å². The number of carbonyl (C=O) groups excluding carboxylic acids is 3. The molecule has 0 unspecified atom stereocenters. The van der Waals surface area contributed by atoms with Crippen molar-refractivity contribution in [3.05, 3.63) is 125 Å². The number of ketones is 2. The van der Waals surface area contributed by atoms with Crippen molar-refractivity contribution in [1.29, 1.82) is 0 Å². The Hall–Kier alpha value is -4.63. The molecular weight excluding hydrogens is 483 g/mol. The zero-order chi connectivity index (χ0) is 25.4. The Morgan fingerprint density at radius 1 is 0.667 bits per heavy atom. The van der Waals surface area contributed by atoms with Crippen molar-refractivity contribution in [2.24, 2.45) is 0 Å². The van der Waals surface area contributed by atoms with Gasteiger partial charge in [-0.05, 0) is 66.7 Å². The van der Waals surface area contributed by atoms with Crippen molar-refractivity contribution in [3.8, 4) is 0 Å². The fourth-order valence-electron chi connectivity index (χ4n) is 3.90. The standard InChI is InChI=1S/C27H17FN2O5S/c28-17-7-12-20(13-8-17)36(34,35)30-18-9-5-16(6-10-18)27(33)29-19-11-14-23-24(15-19)26(32)22-4-2-1-3-21(22)25(23)31/h1-15,30H,(H,29,33). The van der Waals surface area contributed by atoms with Crippen LogP contribution in [0.3, 0.4) is 0 Å². The molecular formula is C27H17FN2O5S. The van der Waals surface area contributed by atoms with Crippen molar-refractivity contribution in [2.75, 3.05) is 10.0 Å². The van der Waals surface area contributed by atoms with Gasteiger partial charge in [-0.3, -0.25) is 19.1 Å². The number of hydrogen-bond donors (Lipinski definition) is 2. The van der Waals surface area contributed by atoms with E-state index in [1.54, 1.807) is 30.3 Å². The summed E-state index contributed by atoms with van der Waals surface area (Å²) in [6.45, 7) is 0. The smallest absolute Gasteiger partial charge is 0.261 e. The quantitative estimate of drug-likeness (QED) is 0.365. The lowest BCUT2D eigenvalue weighted by molar-refractivity contribution is 0.0979. The molecule has 9 heteroatoms. The summed E-state index contributed by atoms with van der Waals surface area (Å²) >= 11 is 0. The van der Waals surface area contributed by atoms with Crippen molar-refractivity contribution in [2.45, 2.75) is 4.90 Å². The Balaban J connectivity index is 1.32. The van der Waals surface area contributed by atoms with Crippen LogP contribution in [0, 0.1) is 5.82 Å². The Morgan fingerprint density at radius 2 is 1.22 bits per heavy atom. The first-order valence-electron chi connectivity index (χ1n) is 10.8. The number of amides is 1. The van der Waals surface area contributed by atoms with Crippen LogP contribution in [0.15, 0.2) is 95.9 Å². The van der Waals surface area contributed by atoms with Crippen LogP contribution in [-0.2, 0) is 10.0 Å². The van der Waals surface area contributed by atoms with Crippen LogP contribution in [0.1, 0.15) is 42.2 Å². The van der Waals surface area contributed by atoms with E-state index in [2.05, 4.69) is 10.0 Å². The minimum absolute atomic E-state index is 0.103. The fourth-order valence-corrected chi connectivity index (χ4v) is 4.96. The summed E-state index contributed by atoms with van der Waals surface area (Å²) in [6, 6.07) is 21.2. The summed E-state index contributed by atoms with van der Waals surface area (Å²) < 4.78 is 40.3. The van der Waals surface area contributed by atoms with E-state index in [4.69, 9.17) is 0 Å². The van der Waals surface area contributed by atoms with Gasteiger partial charge in [0, 0.05) is 39.2 Å². The van der Waals surface area contributed by atoms with Crippen LogP contribution in [0.2, 0.25) is 0 Å². The number of rotatable bonds is 5. The van der Waals surface area contributed by atoms with Crippen LogP contribution >= 0.6 is 0 Å². The maximum absolute atomic E-state index is 13.1. The maximum atomic E-state index is 13.1. The third-order valence-electron chi connectivity index (χ3n) is 5.71. The predicted molar refractivity (Wildman–Crippen MR) is 131 cm³/mol. The maximum Gasteiger partial charge on any atom is 0.261 e. The highest BCUT2D eigenvalue weighted by Gasteiger charge is 2.29. The van der Waals surface area contributed by atoms with E-state index in [-0.39, 0.29) is 38.8 Å². The molecule has 0 spiro atoms. The molecule has 1 aliphatic carbocycles. The molecule has 0 saturated heterocycles. The zero-order valence-electron chi connectivity index (χ0n) is 18.5. The van der Waals surface area contributed by atoms with Gasteiger partial charge in [0.2, 0.25) is 0 Å². The van der Waals surface area contributed by atoms with Crippen LogP contribution in [-0.4, -0.2) is 25.9 Å². The highest BCUT2D eigenvalue weighted by Crippen LogP contribution is 2.29. The van der Waals surface area contributed by atoms with Crippen molar-refractivity contribution < 1.29 is 27.2 Å². The lowest BCUT2D eigenvalue weighted by atomic mass is 9.84. The van der Waals surface area contributed by atoms with Gasteiger partial charge in [0.1, 0.15) is 5.82 Å². The molecule has 0 radical (unpaired) electrons. The number of fused-ring (bicyclic) bond motifs is 2. The minimum atomic E-state index is -3.93. The second-order valence-corrected chi connectivity index (χ2v) is 9.74. The van der Waals surface area contributed by atoms with Gasteiger partial charge in [-0.2, -0.15) is 0 Å². The van der Waals surface area contributed by atoms with E-state index in [0.29, 0.717) is 16.8 Å². The Kier molecular flexibility index (Phi) is 5.69. The van der Waals surface area contributed by atoms with E-state index in [0.717, 1.165) is 24.3 Å². The first kappa shape index (κ1) is 23.1. The monoisotopic (exact) mass is 500 g/mol. The predicted octanol–water partition coefficient (Wildman–Crippen LogP) is 4.65. The summed E-state index contributed by atoms with van der Waals surface area (Å²) in [5, 5.41) is 2.69. The van der Waals surface area contributed by atoms with Gasteiger partial charge < -0.3 is 5.32 Å². The average molecular weight is 501 g/mol. The van der Waals surface area contributed by atoms with Gasteiger partial charge >= 0.3 is 0 Å². The first-order chi connectivity index (χ1) is 17.2. The third kappa shape index (κ3) is 4.27. The van der Waals surface area contributed by atoms with Crippen LogP contribution in [0.25, 0.3) is 0 Å². The summed E-state index contributed by atoms with van der Waals surface area (Å²) in [4.78, 5) is 38.3. The van der Waals surface area contributed by atoms with Crippen molar-refractivity contribution >= 4 is 38.9 Å². The van der Waals surface area contributed by atoms with E-state index < -0.39 is 21.7 Å². The molecule has 0 atom stereocenters. The van der Waals surface area contributed by atoms with Crippen molar-refractivity contribution in [3.63, 3.8) is 0 Å². The molecule has 5 rings (SSSR count). The van der Waals surface area contributed by atoms with Gasteiger partial charge in [-0.15, -0.1) is 0 Å². The molecule has 0 aliphatic heterocycles. The number of anilines is 2. The number of carbonyl (C=O) groups is 3. The minimum Gasteiger partial charge on any atom is -0.322 e. The lowest BCUT2D eigenvalue weighted by Crippen LogP contribution is -2.21. The number of benzene rings is 4. The topological polar surface area (TPSA) is 109 Å². The number of nitrogens with one attached hydrogen (secondary N) is 2. The molecule has 0 bridgehead atoms. The Labute approximate surface area is 205 Å². The average Bonchev–Trinajstić information content (AvgIpc) is 2.87. The molecule has 0 heterocycles. The molecule has 0 fully saturated rings. The zero-order valence-corrected chi connectivity index (χ0v) is 19.3. The summed E-state index contributed by atoms with van der Waals surface area (Å²) in [5.74, 6) is -1.59. The molecule has 1 amide bonds. The molecule has 0 aromatic heterocycles. The Morgan fingerprint density at radius 3 is 1.86 bits per heavy atom. The molecule has 4 aromatic carbocycles. The molecule has 0 saturated carbocycles. The van der Waals surface area contributed by atoms with Crippen LogP contribution < -0.4 is 10.0 Å². The SMILES string of the molecule is O=C(Nc1ccc2c(c1)C(=O)c1ccccc1C2=O)c1ccc(NS(=O)(=O)c2ccc(F)cc2)cc1. The lowest BCUT2D eigenvalue weighted by Gasteiger charge is -2.18. The van der Waals surface area contributed by atoms with Crippen LogP contribution in [0.5, 0.6) is 0 Å². The Bertz CT molecular complexity index is 1650. The molecule has 4 aromatic rings. The van der Waals surface area contributed by atoms with E-state index in [9.17, 15) is 27.2 Å². The number of hydrogen-bond acceptors (Lipinski definition) is 5. The molecule has 2 N–H and O–H groups in total. The third-order valence-corrected chi connectivity index (χ3v) is 7.10. The normalized spacial score (nSPS) is 12.5. The molecule has 7 nitrogen and oxygen atoms in total. The van der Waals surface area contributed by atoms with Gasteiger partial charge in [0.25, 0.3) is 15.9 Å². The van der Waals surface area contributed by atoms with Gasteiger partial charge in [-0.25, -0.2) is 12.8 Å². The summed E-state index contributed by atoms with van der Waals surface area (Å²) in [5.41, 5.74) is 1.94. The summed E-state index contributed by atoms with van der Waals surface area (Å²) in [6.07, 6.45) is 0. The second-order valence-electron chi connectivity index (χ2n) is 8.06. The number of halogens is 1. The molecule has 178 valence electrons. The highest BCUT2D eigenvalue weighted by atomic mass is 32.2. The van der Waals surface area contributed by atoms with E-state index in [1.165, 1.54) is 36.4 Å². The summed E-state index contributed by atoms with van der Waals surface area (Å²) in [7, 11) is -3.93. The number of sulfonamides is 1. The molecule has 1 aliphatic rings. The van der Waals surface area contributed by atoms with Gasteiger partial charge in [-0.1, -0.05) is 24.3 Å². The van der Waals surface area contributed by atoms with Gasteiger partial charge in [0.15, 0.2) is 11.6 Å². The first-order valence-corrected chi connectivity index (χ1v) is 12.2. The second kappa shape index (κ2) is 8.86. The highest BCUT2D eigenvalue weighted by molar-refractivity contribution is 7.92. The van der Waals surface area contributed by atoms with Crippen LogP contribution in [0.4, 0.5) is 15.8 Å². The van der Waals surface area contributed by atoms with E-state index in [1.807, 2.05) is 0 Å². The fraction of sp³-hybridized carbons (Fsp3) is 0. The van der Waals surface area contributed by atoms with Crippen molar-refractivity contribution in [1.82, 2.24) is 0 Å². The molecule has 36 heavy (non-hydrogen) atoms. The largest absolute Gasteiger partial charge is 0.322 e.